The average Bonchev–Trinajstić information content (AvgIpc) is 3.20. The summed E-state index contributed by atoms with van der Waals surface area (Å²) in [5.74, 6) is 0. The van der Waals surface area contributed by atoms with E-state index in [0.717, 1.165) is 36.8 Å². The number of rotatable bonds is 8. The molecule has 0 saturated heterocycles. The zero-order valence-electron chi connectivity index (χ0n) is 17.0. The fourth-order valence-corrected chi connectivity index (χ4v) is 4.56. The van der Waals surface area contributed by atoms with Crippen LogP contribution >= 0.6 is 11.3 Å². The summed E-state index contributed by atoms with van der Waals surface area (Å²) >= 11 is 1.81. The molecular weight excluding hydrogens is 364 g/mol. The monoisotopic (exact) mass is 394 g/mol. The molecule has 3 rings (SSSR count). The molecule has 0 fully saturated rings. The highest BCUT2D eigenvalue weighted by atomic mass is 32.1. The van der Waals surface area contributed by atoms with E-state index >= 15 is 0 Å². The molecular formula is C25H30O2S. The Morgan fingerprint density at radius 2 is 1.57 bits per heavy atom. The largest absolute Gasteiger partial charge is 0.392 e. The van der Waals surface area contributed by atoms with Crippen molar-refractivity contribution in [1.29, 1.82) is 0 Å². The van der Waals surface area contributed by atoms with Crippen molar-refractivity contribution >= 4 is 11.3 Å². The van der Waals surface area contributed by atoms with Crippen LogP contribution in [0.2, 0.25) is 0 Å². The number of hydrogen-bond donors (Lipinski definition) is 2. The molecule has 0 saturated carbocycles. The van der Waals surface area contributed by atoms with Crippen LogP contribution in [-0.2, 0) is 25.0 Å². The molecule has 28 heavy (non-hydrogen) atoms. The van der Waals surface area contributed by atoms with E-state index in [1.807, 2.05) is 37.3 Å². The summed E-state index contributed by atoms with van der Waals surface area (Å²) in [4.78, 5) is 1.38. The highest BCUT2D eigenvalue weighted by Gasteiger charge is 2.25. The van der Waals surface area contributed by atoms with Crippen molar-refractivity contribution in [3.63, 3.8) is 0 Å². The minimum absolute atomic E-state index is 0.0978. The third-order valence-electron chi connectivity index (χ3n) is 5.76. The Bertz CT molecular complexity index is 905. The Balaban J connectivity index is 1.72. The van der Waals surface area contributed by atoms with E-state index in [4.69, 9.17) is 5.11 Å². The second kappa shape index (κ2) is 9.04. The molecule has 3 heteroatoms. The van der Waals surface area contributed by atoms with Crippen LogP contribution in [0.5, 0.6) is 0 Å². The fraction of sp³-hybridized carbons (Fsp3) is 0.360. The van der Waals surface area contributed by atoms with Gasteiger partial charge in [-0.05, 0) is 77.4 Å². The first-order chi connectivity index (χ1) is 13.5. The quantitative estimate of drug-likeness (QED) is 0.491. The highest BCUT2D eigenvalue weighted by molar-refractivity contribution is 7.10. The molecule has 0 radical (unpaired) electrons. The maximum Gasteiger partial charge on any atom is 0.0891 e. The molecule has 148 valence electrons. The summed E-state index contributed by atoms with van der Waals surface area (Å²) in [6.07, 6.45) is 3.48. The molecule has 3 aromatic rings. The number of benzene rings is 2. The lowest BCUT2D eigenvalue weighted by molar-refractivity contribution is 0.0283. The first-order valence-electron chi connectivity index (χ1n) is 10.1. The van der Waals surface area contributed by atoms with Crippen LogP contribution in [-0.4, -0.2) is 10.2 Å². The predicted molar refractivity (Wildman–Crippen MR) is 119 cm³/mol. The van der Waals surface area contributed by atoms with E-state index in [1.165, 1.54) is 27.1 Å². The third-order valence-corrected chi connectivity index (χ3v) is 6.76. The van der Waals surface area contributed by atoms with Crippen LogP contribution in [0.25, 0.3) is 11.1 Å². The zero-order chi connectivity index (χ0) is 20.1. The molecule has 2 N–H and O–H groups in total. The van der Waals surface area contributed by atoms with Crippen molar-refractivity contribution in [2.24, 2.45) is 0 Å². The lowest BCUT2D eigenvalue weighted by Gasteiger charge is -2.26. The topological polar surface area (TPSA) is 40.5 Å². The van der Waals surface area contributed by atoms with Gasteiger partial charge < -0.3 is 10.2 Å². The molecule has 0 aliphatic rings. The van der Waals surface area contributed by atoms with Gasteiger partial charge in [-0.15, -0.1) is 11.3 Å². The molecule has 0 spiro atoms. The van der Waals surface area contributed by atoms with Crippen molar-refractivity contribution in [2.45, 2.75) is 58.7 Å². The summed E-state index contributed by atoms with van der Waals surface area (Å²) in [6, 6.07) is 16.9. The number of aliphatic hydroxyl groups is 2. The van der Waals surface area contributed by atoms with Crippen molar-refractivity contribution in [2.75, 3.05) is 0 Å². The molecule has 2 aromatic carbocycles. The molecule has 1 heterocycles. The van der Waals surface area contributed by atoms with E-state index in [1.54, 1.807) is 0 Å². The summed E-state index contributed by atoms with van der Waals surface area (Å²) in [6.45, 7) is 6.30. The lowest BCUT2D eigenvalue weighted by atomic mass is 9.86. The van der Waals surface area contributed by atoms with Crippen LogP contribution in [0, 0.1) is 6.92 Å². The molecule has 0 aliphatic carbocycles. The van der Waals surface area contributed by atoms with Crippen LogP contribution < -0.4 is 0 Å². The van der Waals surface area contributed by atoms with Crippen molar-refractivity contribution < 1.29 is 10.2 Å². The first kappa shape index (κ1) is 20.8. The number of aliphatic hydroxyl groups excluding tert-OH is 1. The van der Waals surface area contributed by atoms with Gasteiger partial charge in [0.15, 0.2) is 0 Å². The zero-order valence-corrected chi connectivity index (χ0v) is 17.9. The van der Waals surface area contributed by atoms with E-state index in [2.05, 4.69) is 48.7 Å². The van der Waals surface area contributed by atoms with Gasteiger partial charge in [0.25, 0.3) is 0 Å². The summed E-state index contributed by atoms with van der Waals surface area (Å²) in [5.41, 5.74) is 6.26. The smallest absolute Gasteiger partial charge is 0.0891 e. The second-order valence-corrected chi connectivity index (χ2v) is 8.54. The predicted octanol–water partition coefficient (Wildman–Crippen LogP) is 6.01. The maximum atomic E-state index is 10.8. The van der Waals surface area contributed by atoms with Crippen molar-refractivity contribution in [3.8, 4) is 11.1 Å². The van der Waals surface area contributed by atoms with Gasteiger partial charge in [0, 0.05) is 4.88 Å². The molecule has 1 aromatic heterocycles. The van der Waals surface area contributed by atoms with E-state index in [-0.39, 0.29) is 6.61 Å². The fourth-order valence-electron chi connectivity index (χ4n) is 3.67. The van der Waals surface area contributed by atoms with E-state index in [9.17, 15) is 5.11 Å². The van der Waals surface area contributed by atoms with Gasteiger partial charge in [-0.25, -0.2) is 0 Å². The minimum Gasteiger partial charge on any atom is -0.392 e. The highest BCUT2D eigenvalue weighted by Crippen LogP contribution is 2.34. The number of hydrogen-bond acceptors (Lipinski definition) is 3. The SMILES string of the molecule is CCC(O)(CC)c1ccc(-c2csc(CCc3ccc(CO)cc3)c2)c(C)c1. The molecule has 0 amide bonds. The lowest BCUT2D eigenvalue weighted by Crippen LogP contribution is -2.23. The van der Waals surface area contributed by atoms with Gasteiger partial charge in [-0.2, -0.15) is 0 Å². The molecule has 0 unspecified atom stereocenters. The Kier molecular flexibility index (Phi) is 6.71. The minimum atomic E-state index is -0.728. The summed E-state index contributed by atoms with van der Waals surface area (Å²) in [7, 11) is 0. The van der Waals surface area contributed by atoms with Gasteiger partial charge in [0.2, 0.25) is 0 Å². The van der Waals surface area contributed by atoms with Crippen LogP contribution in [0.4, 0.5) is 0 Å². The molecule has 0 aliphatic heterocycles. The molecule has 0 atom stereocenters. The first-order valence-corrected chi connectivity index (χ1v) is 11.0. The molecule has 2 nitrogen and oxygen atoms in total. The number of thiophene rings is 1. The van der Waals surface area contributed by atoms with Crippen molar-refractivity contribution in [3.05, 3.63) is 81.0 Å². The normalized spacial score (nSPS) is 11.8. The van der Waals surface area contributed by atoms with Gasteiger partial charge in [-0.3, -0.25) is 0 Å². The molecule has 0 bridgehead atoms. The van der Waals surface area contributed by atoms with Crippen LogP contribution in [0.1, 0.15) is 53.8 Å². The van der Waals surface area contributed by atoms with Crippen LogP contribution in [0.3, 0.4) is 0 Å². The van der Waals surface area contributed by atoms with Crippen LogP contribution in [0.15, 0.2) is 53.9 Å². The Labute approximate surface area is 172 Å². The summed E-state index contributed by atoms with van der Waals surface area (Å²) < 4.78 is 0. The standard InChI is InChI=1S/C25H30O2S/c1-4-25(27,5-2)22-11-13-24(18(3)14-22)21-15-23(28-17-21)12-10-19-6-8-20(16-26)9-7-19/h6-9,11,13-15,17,26-27H,4-5,10,12,16H2,1-3H3. The average molecular weight is 395 g/mol. The van der Waals surface area contributed by atoms with Crippen molar-refractivity contribution in [1.82, 2.24) is 0 Å². The Hall–Kier alpha value is -1.94. The van der Waals surface area contributed by atoms with E-state index in [0.29, 0.717) is 0 Å². The number of aryl methyl sites for hydroxylation is 3. The maximum absolute atomic E-state index is 10.8. The van der Waals surface area contributed by atoms with Gasteiger partial charge in [-0.1, -0.05) is 56.3 Å². The van der Waals surface area contributed by atoms with Gasteiger partial charge >= 0.3 is 0 Å². The van der Waals surface area contributed by atoms with E-state index < -0.39 is 5.60 Å². The Morgan fingerprint density at radius 3 is 2.18 bits per heavy atom. The van der Waals surface area contributed by atoms with Gasteiger partial charge in [0.05, 0.1) is 12.2 Å². The van der Waals surface area contributed by atoms with Gasteiger partial charge in [0.1, 0.15) is 0 Å². The second-order valence-electron chi connectivity index (χ2n) is 7.54. The Morgan fingerprint density at radius 1 is 0.893 bits per heavy atom. The third kappa shape index (κ3) is 4.54. The summed E-state index contributed by atoms with van der Waals surface area (Å²) in [5, 5.41) is 22.2.